The Morgan fingerprint density at radius 1 is 0.562 bits per heavy atom. The number of pyridine rings is 1. The molecule has 64 heavy (non-hydrogen) atoms. The molecule has 1 aliphatic carbocycles. The molecular formula is C57H62N4OSi2. The molecule has 0 bridgehead atoms. The predicted molar refractivity (Wildman–Crippen MR) is 277 cm³/mol. The van der Waals surface area contributed by atoms with Gasteiger partial charge < -0.3 is 14.5 Å². The lowest BCUT2D eigenvalue weighted by Crippen LogP contribution is -2.50. The van der Waals surface area contributed by atoms with Gasteiger partial charge in [-0.15, -0.1) is 0 Å². The molecule has 3 heterocycles. The van der Waals surface area contributed by atoms with Crippen LogP contribution in [0.5, 0.6) is 11.5 Å². The maximum atomic E-state index is 7.05. The van der Waals surface area contributed by atoms with Gasteiger partial charge in [-0.2, -0.15) is 0 Å². The summed E-state index contributed by atoms with van der Waals surface area (Å²) in [5, 5.41) is 5.45. The van der Waals surface area contributed by atoms with Gasteiger partial charge in [0.15, 0.2) is 0 Å². The summed E-state index contributed by atoms with van der Waals surface area (Å²) in [4.78, 5) is 10.2. The highest BCUT2D eigenvalue weighted by Gasteiger charge is 2.39. The van der Waals surface area contributed by atoms with Crippen molar-refractivity contribution in [1.82, 2.24) is 9.55 Å². The van der Waals surface area contributed by atoms with Gasteiger partial charge in [-0.25, -0.2) is 4.98 Å². The summed E-state index contributed by atoms with van der Waals surface area (Å²) in [6, 6.07) is 54.0. The minimum Gasteiger partial charge on any atom is -0.457 e. The molecule has 5 nitrogen and oxygen atoms in total. The van der Waals surface area contributed by atoms with Crippen molar-refractivity contribution in [2.24, 2.45) is 0 Å². The number of ether oxygens (including phenoxy) is 1. The van der Waals surface area contributed by atoms with Crippen LogP contribution < -0.4 is 24.9 Å². The minimum atomic E-state index is -1.71. The van der Waals surface area contributed by atoms with E-state index in [1.165, 1.54) is 67.7 Å². The van der Waals surface area contributed by atoms with Crippen LogP contribution in [0.3, 0.4) is 0 Å². The summed E-state index contributed by atoms with van der Waals surface area (Å²) in [5.41, 5.74) is 11.1. The van der Waals surface area contributed by atoms with Gasteiger partial charge in [-0.3, -0.25) is 4.57 Å². The molecular weight excluding hydrogens is 813 g/mol. The standard InChI is InChI=1S/C57H62N4OSi2/c1-56(2,3)42-34-43(59-39-60(50-25-16-15-24-49(50)59)55-52(63(4,5)6)26-19-27-53(55)64(7,8)9)37-45(35-42)62-44-28-29-47-46-22-13-14-23-48(46)61(51(47)38-44)54-36-41(30-33-58-54)57(31-17-18-32-57)40-20-11-10-12-21-40/h10-16,19-30,33-38H,17-18,31-32,39H2,1-9H3. The Bertz CT molecular complexity index is 3000. The molecule has 1 saturated carbocycles. The summed E-state index contributed by atoms with van der Waals surface area (Å²) in [5.74, 6) is 2.57. The molecule has 10 rings (SSSR count). The first-order chi connectivity index (χ1) is 30.6. The van der Waals surface area contributed by atoms with Gasteiger partial charge in [-0.1, -0.05) is 152 Å². The molecule has 0 spiro atoms. The maximum Gasteiger partial charge on any atom is 0.137 e. The molecule has 7 heteroatoms. The van der Waals surface area contributed by atoms with Crippen molar-refractivity contribution in [3.8, 4) is 17.3 Å². The Labute approximate surface area is 382 Å². The van der Waals surface area contributed by atoms with Gasteiger partial charge in [0.2, 0.25) is 0 Å². The zero-order valence-corrected chi connectivity index (χ0v) is 41.2. The molecule has 0 amide bonds. The van der Waals surface area contributed by atoms with Crippen LogP contribution in [0.15, 0.2) is 152 Å². The van der Waals surface area contributed by atoms with Crippen molar-refractivity contribution in [3.05, 3.63) is 168 Å². The second kappa shape index (κ2) is 15.7. The number of fused-ring (bicyclic) bond motifs is 4. The van der Waals surface area contributed by atoms with Gasteiger partial charge in [0.05, 0.1) is 38.6 Å². The Balaban J connectivity index is 1.07. The van der Waals surface area contributed by atoms with E-state index in [0.29, 0.717) is 0 Å². The average Bonchev–Trinajstić information content (AvgIpc) is 4.01. The lowest BCUT2D eigenvalue weighted by atomic mass is 9.73. The normalized spacial score (nSPS) is 15.3. The monoisotopic (exact) mass is 874 g/mol. The topological polar surface area (TPSA) is 33.5 Å². The highest BCUT2D eigenvalue weighted by molar-refractivity contribution is 6.93. The third kappa shape index (κ3) is 7.36. The van der Waals surface area contributed by atoms with Crippen LogP contribution in [-0.4, -0.2) is 32.4 Å². The van der Waals surface area contributed by atoms with Gasteiger partial charge in [0.25, 0.3) is 0 Å². The van der Waals surface area contributed by atoms with Crippen molar-refractivity contribution in [2.75, 3.05) is 16.5 Å². The molecule has 8 aromatic rings. The number of para-hydroxylation sites is 4. The first-order valence-corrected chi connectivity index (χ1v) is 30.3. The van der Waals surface area contributed by atoms with Crippen LogP contribution in [0.25, 0.3) is 27.6 Å². The molecule has 0 atom stereocenters. The number of nitrogens with zero attached hydrogens (tertiary/aromatic N) is 4. The number of benzene rings is 6. The summed E-state index contributed by atoms with van der Waals surface area (Å²) in [7, 11) is -3.42. The highest BCUT2D eigenvalue weighted by atomic mass is 28.3. The quantitative estimate of drug-likeness (QED) is 0.135. The van der Waals surface area contributed by atoms with Crippen LogP contribution in [0, 0.1) is 0 Å². The molecule has 1 fully saturated rings. The first-order valence-electron chi connectivity index (χ1n) is 23.3. The summed E-state index contributed by atoms with van der Waals surface area (Å²) < 4.78 is 9.39. The number of hydrogen-bond donors (Lipinski definition) is 0. The van der Waals surface area contributed by atoms with E-state index in [4.69, 9.17) is 9.72 Å². The second-order valence-electron chi connectivity index (χ2n) is 21.3. The number of hydrogen-bond acceptors (Lipinski definition) is 4. The molecule has 6 aromatic carbocycles. The number of aromatic nitrogens is 2. The minimum absolute atomic E-state index is 0.0110. The van der Waals surface area contributed by atoms with E-state index in [2.05, 4.69) is 220 Å². The molecule has 0 unspecified atom stereocenters. The van der Waals surface area contributed by atoms with E-state index in [9.17, 15) is 0 Å². The second-order valence-corrected chi connectivity index (χ2v) is 31.4. The van der Waals surface area contributed by atoms with Crippen molar-refractivity contribution in [2.45, 2.75) is 96.6 Å². The van der Waals surface area contributed by atoms with Crippen LogP contribution in [0.2, 0.25) is 39.3 Å². The average molecular weight is 875 g/mol. The Morgan fingerprint density at radius 3 is 1.89 bits per heavy atom. The van der Waals surface area contributed by atoms with Crippen LogP contribution >= 0.6 is 0 Å². The molecule has 0 saturated heterocycles. The number of anilines is 4. The van der Waals surface area contributed by atoms with E-state index in [1.54, 1.807) is 0 Å². The zero-order chi connectivity index (χ0) is 44.6. The van der Waals surface area contributed by atoms with Crippen LogP contribution in [0.1, 0.15) is 63.1 Å². The van der Waals surface area contributed by atoms with E-state index in [1.807, 2.05) is 6.20 Å². The first kappa shape index (κ1) is 42.1. The lowest BCUT2D eigenvalue weighted by molar-refractivity contribution is 0.479. The van der Waals surface area contributed by atoms with Crippen LogP contribution in [-0.2, 0) is 10.8 Å². The molecule has 0 radical (unpaired) electrons. The van der Waals surface area contributed by atoms with Gasteiger partial charge in [0, 0.05) is 45.9 Å². The van der Waals surface area contributed by atoms with Gasteiger partial charge >= 0.3 is 0 Å². The van der Waals surface area contributed by atoms with E-state index in [0.717, 1.165) is 53.5 Å². The van der Waals surface area contributed by atoms with Crippen molar-refractivity contribution in [1.29, 1.82) is 0 Å². The fourth-order valence-electron chi connectivity index (χ4n) is 10.6. The molecule has 0 N–H and O–H groups in total. The Hall–Kier alpha value is -5.90. The summed E-state index contributed by atoms with van der Waals surface area (Å²) in [6.45, 7) is 22.5. The summed E-state index contributed by atoms with van der Waals surface area (Å²) >= 11 is 0. The highest BCUT2D eigenvalue weighted by Crippen LogP contribution is 2.48. The van der Waals surface area contributed by atoms with E-state index >= 15 is 0 Å². The maximum absolute atomic E-state index is 7.05. The SMILES string of the molecule is CC(C)(C)c1cc(Oc2ccc3c4ccccc4n(-c4cc(C5(c6ccccc6)CCCC5)ccn4)c3c2)cc(N2CN(c3c([Si](C)(C)C)cccc3[Si](C)(C)C)c3ccccc32)c1. The third-order valence-corrected chi connectivity index (χ3v) is 18.0. The predicted octanol–water partition coefficient (Wildman–Crippen LogP) is 14.5. The fourth-order valence-corrected chi connectivity index (χ4v) is 13.9. The zero-order valence-electron chi connectivity index (χ0n) is 39.2. The number of rotatable bonds is 9. The van der Waals surface area contributed by atoms with Gasteiger partial charge in [-0.05, 0) is 99.9 Å². The molecule has 1 aliphatic heterocycles. The molecule has 2 aromatic heterocycles. The third-order valence-electron chi connectivity index (χ3n) is 13.9. The van der Waals surface area contributed by atoms with E-state index < -0.39 is 16.1 Å². The van der Waals surface area contributed by atoms with Crippen molar-refractivity contribution < 1.29 is 4.74 Å². The van der Waals surface area contributed by atoms with Crippen molar-refractivity contribution in [3.63, 3.8) is 0 Å². The van der Waals surface area contributed by atoms with E-state index in [-0.39, 0.29) is 10.8 Å². The van der Waals surface area contributed by atoms with Crippen LogP contribution in [0.4, 0.5) is 22.7 Å². The smallest absolute Gasteiger partial charge is 0.137 e. The van der Waals surface area contributed by atoms with Gasteiger partial charge in [0.1, 0.15) is 24.0 Å². The molecule has 2 aliphatic rings. The summed E-state index contributed by atoms with van der Waals surface area (Å²) in [6.07, 6.45) is 6.77. The lowest BCUT2D eigenvalue weighted by Gasteiger charge is -2.34. The molecule has 324 valence electrons. The fraction of sp³-hybridized carbons (Fsp3) is 0.281. The largest absolute Gasteiger partial charge is 0.457 e. The Kier molecular flexibility index (Phi) is 10.3. The Morgan fingerprint density at radius 2 is 1.20 bits per heavy atom. The van der Waals surface area contributed by atoms with Crippen molar-refractivity contribution >= 4 is 71.1 Å².